The Morgan fingerprint density at radius 2 is 1.92 bits per heavy atom. The summed E-state index contributed by atoms with van der Waals surface area (Å²) in [5, 5.41) is 0.576. The average molecular weight is 249 g/mol. The number of nitrogens with zero attached hydrogens (tertiary/aromatic N) is 2. The molecule has 1 unspecified atom stereocenters. The Kier molecular flexibility index (Phi) is 2.89. The van der Waals surface area contributed by atoms with Gasteiger partial charge in [-0.2, -0.15) is 0 Å². The zero-order valence-corrected chi connectivity index (χ0v) is 10.7. The van der Waals surface area contributed by atoms with Crippen LogP contribution in [0.3, 0.4) is 0 Å². The van der Waals surface area contributed by atoms with Crippen molar-refractivity contribution in [3.63, 3.8) is 0 Å². The molecule has 0 N–H and O–H groups in total. The first-order valence-corrected chi connectivity index (χ1v) is 7.07. The summed E-state index contributed by atoms with van der Waals surface area (Å²) in [5.41, 5.74) is 0. The molecule has 4 heteroatoms. The van der Waals surface area contributed by atoms with Crippen LogP contribution in [0.4, 0.5) is 0 Å². The first kappa shape index (κ1) is 9.18. The topological polar surface area (TPSA) is 6.48 Å². The SMILES string of the molecule is CN1[SiH2]N(C2CCCCC2)C1Br. The smallest absolute Gasteiger partial charge is 0.176 e. The van der Waals surface area contributed by atoms with Crippen LogP contribution >= 0.6 is 15.9 Å². The van der Waals surface area contributed by atoms with Crippen molar-refractivity contribution in [3.05, 3.63) is 0 Å². The van der Waals surface area contributed by atoms with Gasteiger partial charge in [-0.3, -0.25) is 9.13 Å². The predicted molar refractivity (Wildman–Crippen MR) is 57.7 cm³/mol. The normalized spacial score (nSPS) is 37.0. The zero-order valence-electron chi connectivity index (χ0n) is 7.67. The van der Waals surface area contributed by atoms with Gasteiger partial charge in [0.25, 0.3) is 0 Å². The van der Waals surface area contributed by atoms with E-state index in [-0.39, 0.29) is 9.84 Å². The van der Waals surface area contributed by atoms with Crippen LogP contribution in [0, 0.1) is 0 Å². The van der Waals surface area contributed by atoms with Gasteiger partial charge in [0, 0.05) is 6.04 Å². The maximum absolute atomic E-state index is 3.71. The second-order valence-corrected chi connectivity index (χ2v) is 6.84. The quantitative estimate of drug-likeness (QED) is 0.392. The molecular weight excluding hydrogens is 232 g/mol. The number of rotatable bonds is 1. The predicted octanol–water partition coefficient (Wildman–Crippen LogP) is 1.24. The van der Waals surface area contributed by atoms with Gasteiger partial charge in [0.1, 0.15) is 5.08 Å². The molecule has 1 heterocycles. The van der Waals surface area contributed by atoms with Gasteiger partial charge in [0.15, 0.2) is 9.84 Å². The Balaban J connectivity index is 1.84. The van der Waals surface area contributed by atoms with E-state index in [1.54, 1.807) is 0 Å². The molecule has 0 radical (unpaired) electrons. The molecular formula is C8H17BrN2Si. The van der Waals surface area contributed by atoms with Crippen molar-refractivity contribution >= 4 is 25.8 Å². The highest BCUT2D eigenvalue weighted by atomic mass is 79.9. The molecule has 0 amide bonds. The third-order valence-corrected chi connectivity index (χ3v) is 7.34. The fourth-order valence-electron chi connectivity index (χ4n) is 2.25. The van der Waals surface area contributed by atoms with Crippen molar-refractivity contribution in [1.82, 2.24) is 9.13 Å². The Morgan fingerprint density at radius 3 is 2.42 bits per heavy atom. The summed E-state index contributed by atoms with van der Waals surface area (Å²) >= 11 is 3.71. The van der Waals surface area contributed by atoms with Crippen LogP contribution in [0.2, 0.25) is 0 Å². The van der Waals surface area contributed by atoms with E-state index in [0.717, 1.165) is 6.04 Å². The van der Waals surface area contributed by atoms with E-state index in [0.29, 0.717) is 5.08 Å². The first-order valence-electron chi connectivity index (χ1n) is 4.89. The van der Waals surface area contributed by atoms with Crippen LogP contribution in [0.5, 0.6) is 0 Å². The van der Waals surface area contributed by atoms with Crippen molar-refractivity contribution in [1.29, 1.82) is 0 Å². The van der Waals surface area contributed by atoms with Crippen LogP contribution in [-0.2, 0) is 0 Å². The third-order valence-electron chi connectivity index (χ3n) is 3.07. The maximum Gasteiger partial charge on any atom is 0.176 e. The number of hydrogen-bond donors (Lipinski definition) is 0. The molecule has 2 rings (SSSR count). The highest BCUT2D eigenvalue weighted by Crippen LogP contribution is 2.30. The molecule has 0 aromatic rings. The van der Waals surface area contributed by atoms with Gasteiger partial charge in [-0.25, -0.2) is 0 Å². The Labute approximate surface area is 85.4 Å². The molecule has 12 heavy (non-hydrogen) atoms. The lowest BCUT2D eigenvalue weighted by atomic mass is 9.96. The van der Waals surface area contributed by atoms with Crippen LogP contribution in [-0.4, -0.2) is 37.1 Å². The number of alkyl halides is 1. The van der Waals surface area contributed by atoms with E-state index < -0.39 is 0 Å². The minimum atomic E-state index is -0.0292. The molecule has 1 saturated heterocycles. The van der Waals surface area contributed by atoms with Crippen LogP contribution < -0.4 is 0 Å². The van der Waals surface area contributed by atoms with E-state index in [2.05, 4.69) is 32.1 Å². The van der Waals surface area contributed by atoms with Gasteiger partial charge >= 0.3 is 0 Å². The fraction of sp³-hybridized carbons (Fsp3) is 1.00. The molecule has 1 aliphatic carbocycles. The van der Waals surface area contributed by atoms with Gasteiger partial charge in [-0.1, -0.05) is 35.2 Å². The van der Waals surface area contributed by atoms with Crippen molar-refractivity contribution in [3.8, 4) is 0 Å². The maximum atomic E-state index is 3.71. The molecule has 2 fully saturated rings. The molecule has 0 aromatic heterocycles. The van der Waals surface area contributed by atoms with Gasteiger partial charge in [-0.15, -0.1) is 0 Å². The minimum Gasteiger partial charge on any atom is -0.296 e. The largest absolute Gasteiger partial charge is 0.296 e. The summed E-state index contributed by atoms with van der Waals surface area (Å²) in [6.45, 7) is 0. The summed E-state index contributed by atoms with van der Waals surface area (Å²) in [6.07, 6.45) is 7.28. The van der Waals surface area contributed by atoms with Gasteiger partial charge in [0.2, 0.25) is 0 Å². The molecule has 0 aromatic carbocycles. The second-order valence-electron chi connectivity index (χ2n) is 4.02. The van der Waals surface area contributed by atoms with E-state index in [1.165, 1.54) is 32.1 Å². The van der Waals surface area contributed by atoms with E-state index in [9.17, 15) is 0 Å². The summed E-state index contributed by atoms with van der Waals surface area (Å²) in [6, 6.07) is 0.922. The molecule has 2 aliphatic rings. The van der Waals surface area contributed by atoms with Crippen molar-refractivity contribution in [2.75, 3.05) is 7.05 Å². The average Bonchev–Trinajstić information content (AvgIpc) is 2.15. The fourth-order valence-corrected chi connectivity index (χ4v) is 4.92. The number of hydrogen-bond acceptors (Lipinski definition) is 2. The van der Waals surface area contributed by atoms with Crippen molar-refractivity contribution < 1.29 is 0 Å². The van der Waals surface area contributed by atoms with E-state index in [4.69, 9.17) is 0 Å². The zero-order chi connectivity index (χ0) is 8.55. The molecule has 1 aliphatic heterocycles. The van der Waals surface area contributed by atoms with Gasteiger partial charge in [-0.05, 0) is 19.9 Å². The Morgan fingerprint density at radius 1 is 1.25 bits per heavy atom. The summed E-state index contributed by atoms with van der Waals surface area (Å²) in [4.78, 5) is 0. The molecule has 70 valence electrons. The summed E-state index contributed by atoms with van der Waals surface area (Å²) in [5.74, 6) is 0. The summed E-state index contributed by atoms with van der Waals surface area (Å²) < 4.78 is 5.17. The van der Waals surface area contributed by atoms with Crippen LogP contribution in [0.15, 0.2) is 0 Å². The molecule has 0 spiro atoms. The van der Waals surface area contributed by atoms with E-state index >= 15 is 0 Å². The Bertz CT molecular complexity index is 158. The second kappa shape index (κ2) is 3.78. The third kappa shape index (κ3) is 1.62. The lowest BCUT2D eigenvalue weighted by Gasteiger charge is -2.50. The van der Waals surface area contributed by atoms with Crippen LogP contribution in [0.1, 0.15) is 32.1 Å². The first-order chi connectivity index (χ1) is 5.79. The highest BCUT2D eigenvalue weighted by Gasteiger charge is 2.36. The molecule has 1 atom stereocenters. The standard InChI is InChI=1S/C8H17BrN2Si/c1-10-8(9)11(12-10)7-5-3-2-4-6-7/h7-8H,2-6,12H2,1H3. The number of halogens is 1. The van der Waals surface area contributed by atoms with Gasteiger partial charge in [0.05, 0.1) is 0 Å². The van der Waals surface area contributed by atoms with Gasteiger partial charge < -0.3 is 0 Å². The minimum absolute atomic E-state index is 0.0292. The van der Waals surface area contributed by atoms with E-state index in [1.807, 2.05) is 0 Å². The lowest BCUT2D eigenvalue weighted by Crippen LogP contribution is -2.65. The lowest BCUT2D eigenvalue weighted by molar-refractivity contribution is 0.126. The highest BCUT2D eigenvalue weighted by molar-refractivity contribution is 9.09. The summed E-state index contributed by atoms with van der Waals surface area (Å²) in [7, 11) is 2.20. The molecule has 1 saturated carbocycles. The Hall–Kier alpha value is 0.617. The molecule has 0 bridgehead atoms. The van der Waals surface area contributed by atoms with Crippen molar-refractivity contribution in [2.24, 2.45) is 0 Å². The van der Waals surface area contributed by atoms with Crippen molar-refractivity contribution in [2.45, 2.75) is 43.2 Å². The molecule has 2 nitrogen and oxygen atoms in total. The monoisotopic (exact) mass is 248 g/mol. The van der Waals surface area contributed by atoms with Crippen LogP contribution in [0.25, 0.3) is 0 Å².